The van der Waals surface area contributed by atoms with Crippen LogP contribution >= 0.6 is 11.6 Å². The molecule has 1 aromatic carbocycles. The minimum absolute atomic E-state index is 0.0704. The number of nitrogens with two attached hydrogens (primary N) is 1. The Morgan fingerprint density at radius 3 is 2.74 bits per heavy atom. The van der Waals surface area contributed by atoms with Crippen molar-refractivity contribution in [3.8, 4) is 0 Å². The number of carbonyl (C=O) groups excluding carboxylic acids is 1. The van der Waals surface area contributed by atoms with E-state index in [1.54, 1.807) is 25.1 Å². The van der Waals surface area contributed by atoms with Crippen molar-refractivity contribution in [2.24, 2.45) is 0 Å². The van der Waals surface area contributed by atoms with Gasteiger partial charge in [-0.1, -0.05) is 24.9 Å². The fourth-order valence-corrected chi connectivity index (χ4v) is 1.87. The van der Waals surface area contributed by atoms with Gasteiger partial charge in [0.15, 0.2) is 0 Å². The maximum atomic E-state index is 11.9. The molecule has 0 aliphatic heterocycles. The SMILES string of the molecule is CCCC(C)OC(C)C(=O)Nc1ccc(Cl)c(N)c1. The molecule has 0 bridgehead atoms. The number of amides is 1. The monoisotopic (exact) mass is 284 g/mol. The predicted octanol–water partition coefficient (Wildman–Crippen LogP) is 3.45. The van der Waals surface area contributed by atoms with Gasteiger partial charge >= 0.3 is 0 Å². The van der Waals surface area contributed by atoms with Crippen LogP contribution in [0.25, 0.3) is 0 Å². The zero-order valence-corrected chi connectivity index (χ0v) is 12.3. The van der Waals surface area contributed by atoms with Gasteiger partial charge in [0.05, 0.1) is 16.8 Å². The molecule has 4 nitrogen and oxygen atoms in total. The van der Waals surface area contributed by atoms with Crippen molar-refractivity contribution < 1.29 is 9.53 Å². The van der Waals surface area contributed by atoms with Crippen LogP contribution in [0.3, 0.4) is 0 Å². The Morgan fingerprint density at radius 1 is 1.47 bits per heavy atom. The quantitative estimate of drug-likeness (QED) is 0.786. The number of rotatable bonds is 6. The van der Waals surface area contributed by atoms with E-state index in [4.69, 9.17) is 22.1 Å². The lowest BCUT2D eigenvalue weighted by Gasteiger charge is -2.18. The van der Waals surface area contributed by atoms with Gasteiger partial charge in [-0.25, -0.2) is 0 Å². The Hall–Kier alpha value is -1.26. The molecule has 0 radical (unpaired) electrons. The van der Waals surface area contributed by atoms with Crippen molar-refractivity contribution in [3.63, 3.8) is 0 Å². The Morgan fingerprint density at radius 2 is 2.16 bits per heavy atom. The molecule has 0 fully saturated rings. The summed E-state index contributed by atoms with van der Waals surface area (Å²) in [6.45, 7) is 5.79. The van der Waals surface area contributed by atoms with Crippen LogP contribution < -0.4 is 11.1 Å². The second-order valence-electron chi connectivity index (χ2n) is 4.60. The molecule has 2 atom stereocenters. The summed E-state index contributed by atoms with van der Waals surface area (Å²) >= 11 is 5.82. The third kappa shape index (κ3) is 5.09. The number of carbonyl (C=O) groups is 1. The third-order valence-corrected chi connectivity index (χ3v) is 3.11. The molecule has 0 aliphatic rings. The molecule has 2 unspecified atom stereocenters. The molecule has 3 N–H and O–H groups in total. The standard InChI is InChI=1S/C14H21ClN2O2/c1-4-5-9(2)19-10(3)14(18)17-11-6-7-12(15)13(16)8-11/h6-10H,4-5,16H2,1-3H3,(H,17,18). The van der Waals surface area contributed by atoms with Gasteiger partial charge in [-0.3, -0.25) is 4.79 Å². The van der Waals surface area contributed by atoms with E-state index in [1.807, 2.05) is 6.92 Å². The molecule has 106 valence electrons. The van der Waals surface area contributed by atoms with Crippen molar-refractivity contribution in [2.75, 3.05) is 11.1 Å². The number of hydrogen-bond donors (Lipinski definition) is 2. The van der Waals surface area contributed by atoms with Crippen molar-refractivity contribution in [1.29, 1.82) is 0 Å². The highest BCUT2D eigenvalue weighted by molar-refractivity contribution is 6.33. The number of anilines is 2. The predicted molar refractivity (Wildman–Crippen MR) is 79.4 cm³/mol. The van der Waals surface area contributed by atoms with Crippen LogP contribution in [0.15, 0.2) is 18.2 Å². The van der Waals surface area contributed by atoms with Crippen LogP contribution in [0, 0.1) is 0 Å². The molecular weight excluding hydrogens is 264 g/mol. The summed E-state index contributed by atoms with van der Waals surface area (Å²) < 4.78 is 5.61. The molecular formula is C14H21ClN2O2. The lowest BCUT2D eigenvalue weighted by molar-refractivity contribution is -0.129. The minimum Gasteiger partial charge on any atom is -0.397 e. The zero-order valence-electron chi connectivity index (χ0n) is 11.6. The normalized spacial score (nSPS) is 13.9. The fraction of sp³-hybridized carbons (Fsp3) is 0.500. The molecule has 1 amide bonds. The van der Waals surface area contributed by atoms with E-state index in [2.05, 4.69) is 12.2 Å². The molecule has 0 saturated heterocycles. The highest BCUT2D eigenvalue weighted by Gasteiger charge is 2.16. The van der Waals surface area contributed by atoms with Crippen LogP contribution in [0.2, 0.25) is 5.02 Å². The number of hydrogen-bond acceptors (Lipinski definition) is 3. The van der Waals surface area contributed by atoms with Gasteiger partial charge in [-0.2, -0.15) is 0 Å². The van der Waals surface area contributed by atoms with Gasteiger partial charge in [0, 0.05) is 5.69 Å². The van der Waals surface area contributed by atoms with Gasteiger partial charge in [-0.05, 0) is 38.5 Å². The summed E-state index contributed by atoms with van der Waals surface area (Å²) in [5, 5.41) is 3.23. The molecule has 0 saturated carbocycles. The second-order valence-corrected chi connectivity index (χ2v) is 5.01. The van der Waals surface area contributed by atoms with Crippen LogP contribution in [0.5, 0.6) is 0 Å². The average molecular weight is 285 g/mol. The zero-order chi connectivity index (χ0) is 14.4. The average Bonchev–Trinajstić information content (AvgIpc) is 2.34. The summed E-state index contributed by atoms with van der Waals surface area (Å²) in [6.07, 6.45) is 1.54. The third-order valence-electron chi connectivity index (χ3n) is 2.76. The number of benzene rings is 1. The first kappa shape index (κ1) is 15.8. The topological polar surface area (TPSA) is 64.3 Å². The summed E-state index contributed by atoms with van der Waals surface area (Å²) in [4.78, 5) is 11.9. The van der Waals surface area contributed by atoms with Crippen LogP contribution in [-0.4, -0.2) is 18.1 Å². The molecule has 0 aliphatic carbocycles. The Balaban J connectivity index is 2.56. The van der Waals surface area contributed by atoms with Crippen molar-refractivity contribution in [3.05, 3.63) is 23.2 Å². The molecule has 1 aromatic rings. The molecule has 19 heavy (non-hydrogen) atoms. The summed E-state index contributed by atoms with van der Waals surface area (Å²) in [6, 6.07) is 4.99. The summed E-state index contributed by atoms with van der Waals surface area (Å²) in [7, 11) is 0. The first-order valence-corrected chi connectivity index (χ1v) is 6.83. The molecule has 0 spiro atoms. The van der Waals surface area contributed by atoms with Crippen molar-refractivity contribution in [1.82, 2.24) is 0 Å². The van der Waals surface area contributed by atoms with Crippen LogP contribution in [0.4, 0.5) is 11.4 Å². The smallest absolute Gasteiger partial charge is 0.253 e. The van der Waals surface area contributed by atoms with Gasteiger partial charge in [0.1, 0.15) is 6.10 Å². The maximum absolute atomic E-state index is 11.9. The van der Waals surface area contributed by atoms with E-state index in [0.717, 1.165) is 12.8 Å². The second kappa shape index (κ2) is 7.36. The van der Waals surface area contributed by atoms with E-state index in [1.165, 1.54) is 0 Å². The van der Waals surface area contributed by atoms with Crippen molar-refractivity contribution in [2.45, 2.75) is 45.8 Å². The van der Waals surface area contributed by atoms with Crippen LogP contribution in [-0.2, 0) is 9.53 Å². The van der Waals surface area contributed by atoms with Crippen LogP contribution in [0.1, 0.15) is 33.6 Å². The van der Waals surface area contributed by atoms with Gasteiger partial charge < -0.3 is 15.8 Å². The Labute approximate surface area is 119 Å². The molecule has 1 rings (SSSR count). The van der Waals surface area contributed by atoms with E-state index in [9.17, 15) is 4.79 Å². The highest BCUT2D eigenvalue weighted by atomic mass is 35.5. The Kier molecular flexibility index (Phi) is 6.12. The Bertz CT molecular complexity index is 437. The fourth-order valence-electron chi connectivity index (χ4n) is 1.75. The molecule has 5 heteroatoms. The first-order chi connectivity index (χ1) is 8.93. The van der Waals surface area contributed by atoms with Gasteiger partial charge in [-0.15, -0.1) is 0 Å². The number of ether oxygens (including phenoxy) is 1. The number of halogens is 1. The lowest BCUT2D eigenvalue weighted by atomic mass is 10.2. The van der Waals surface area contributed by atoms with Crippen molar-refractivity contribution >= 4 is 28.9 Å². The first-order valence-electron chi connectivity index (χ1n) is 6.45. The lowest BCUT2D eigenvalue weighted by Crippen LogP contribution is -2.30. The highest BCUT2D eigenvalue weighted by Crippen LogP contribution is 2.22. The largest absolute Gasteiger partial charge is 0.397 e. The minimum atomic E-state index is -0.501. The van der Waals surface area contributed by atoms with E-state index < -0.39 is 6.10 Å². The van der Waals surface area contributed by atoms with Gasteiger partial charge in [0.2, 0.25) is 0 Å². The number of nitrogens with one attached hydrogen (secondary N) is 1. The summed E-state index contributed by atoms with van der Waals surface area (Å²) in [5.74, 6) is -0.190. The maximum Gasteiger partial charge on any atom is 0.253 e. The summed E-state index contributed by atoms with van der Waals surface area (Å²) in [5.41, 5.74) is 6.73. The molecule has 0 heterocycles. The number of nitrogen functional groups attached to an aromatic ring is 1. The van der Waals surface area contributed by atoms with E-state index >= 15 is 0 Å². The van der Waals surface area contributed by atoms with Gasteiger partial charge in [0.25, 0.3) is 5.91 Å². The van der Waals surface area contributed by atoms with E-state index in [-0.39, 0.29) is 12.0 Å². The van der Waals surface area contributed by atoms with E-state index in [0.29, 0.717) is 16.4 Å². The molecule has 0 aromatic heterocycles.